The van der Waals surface area contributed by atoms with Crippen LogP contribution < -0.4 is 0 Å². The van der Waals surface area contributed by atoms with E-state index in [2.05, 4.69) is 22.6 Å². The SMILES string of the molecule is CCOC(=O)C1CCCN(C(=O)CN(C)C(=O)c2ccc(Cl)c(I)c2)C1. The van der Waals surface area contributed by atoms with Crippen molar-refractivity contribution in [3.05, 3.63) is 32.4 Å². The molecule has 0 bridgehead atoms. The summed E-state index contributed by atoms with van der Waals surface area (Å²) in [6.45, 7) is 3.00. The Labute approximate surface area is 171 Å². The summed E-state index contributed by atoms with van der Waals surface area (Å²) in [5.74, 6) is -0.956. The highest BCUT2D eigenvalue weighted by Gasteiger charge is 2.30. The molecule has 1 aromatic rings. The largest absolute Gasteiger partial charge is 0.466 e. The van der Waals surface area contributed by atoms with E-state index in [1.54, 1.807) is 37.1 Å². The van der Waals surface area contributed by atoms with Crippen LogP contribution >= 0.6 is 34.2 Å². The highest BCUT2D eigenvalue weighted by Crippen LogP contribution is 2.21. The van der Waals surface area contributed by atoms with Crippen LogP contribution in [0.1, 0.15) is 30.1 Å². The van der Waals surface area contributed by atoms with E-state index in [1.165, 1.54) is 4.90 Å². The predicted octanol–water partition coefficient (Wildman–Crippen LogP) is 2.82. The van der Waals surface area contributed by atoms with Gasteiger partial charge in [-0.25, -0.2) is 0 Å². The van der Waals surface area contributed by atoms with Gasteiger partial charge in [-0.05, 0) is 60.6 Å². The van der Waals surface area contributed by atoms with Gasteiger partial charge in [0.15, 0.2) is 0 Å². The van der Waals surface area contributed by atoms with Gasteiger partial charge in [0.25, 0.3) is 5.91 Å². The highest BCUT2D eigenvalue weighted by molar-refractivity contribution is 14.1. The predicted molar refractivity (Wildman–Crippen MR) is 107 cm³/mol. The number of esters is 1. The van der Waals surface area contributed by atoms with Gasteiger partial charge < -0.3 is 14.5 Å². The van der Waals surface area contributed by atoms with Crippen molar-refractivity contribution in [1.29, 1.82) is 0 Å². The molecule has 8 heteroatoms. The lowest BCUT2D eigenvalue weighted by Gasteiger charge is -2.32. The molecule has 0 aromatic heterocycles. The molecule has 142 valence electrons. The van der Waals surface area contributed by atoms with Gasteiger partial charge in [-0.1, -0.05) is 11.6 Å². The molecule has 1 atom stereocenters. The van der Waals surface area contributed by atoms with Gasteiger partial charge in [0.2, 0.25) is 5.91 Å². The zero-order valence-electron chi connectivity index (χ0n) is 14.8. The minimum Gasteiger partial charge on any atom is -0.466 e. The van der Waals surface area contributed by atoms with Crippen molar-refractivity contribution in [2.75, 3.05) is 33.3 Å². The summed E-state index contributed by atoms with van der Waals surface area (Å²) in [7, 11) is 1.59. The number of nitrogens with zero attached hydrogens (tertiary/aromatic N) is 2. The van der Waals surface area contributed by atoms with Gasteiger partial charge in [0.1, 0.15) is 0 Å². The lowest BCUT2D eigenvalue weighted by molar-refractivity contribution is -0.151. The van der Waals surface area contributed by atoms with Gasteiger partial charge in [0.05, 0.1) is 24.1 Å². The van der Waals surface area contributed by atoms with Crippen LogP contribution in [-0.4, -0.2) is 60.9 Å². The normalized spacial score (nSPS) is 16.9. The van der Waals surface area contributed by atoms with Crippen LogP contribution in [0.5, 0.6) is 0 Å². The lowest BCUT2D eigenvalue weighted by Crippen LogP contribution is -2.47. The number of ether oxygens (including phenoxy) is 1. The van der Waals surface area contributed by atoms with Gasteiger partial charge in [-0.2, -0.15) is 0 Å². The topological polar surface area (TPSA) is 66.9 Å². The van der Waals surface area contributed by atoms with Crippen molar-refractivity contribution in [2.45, 2.75) is 19.8 Å². The van der Waals surface area contributed by atoms with E-state index in [4.69, 9.17) is 16.3 Å². The summed E-state index contributed by atoms with van der Waals surface area (Å²) in [5, 5.41) is 0.583. The molecule has 1 heterocycles. The first-order valence-corrected chi connectivity index (χ1v) is 9.94. The van der Waals surface area contributed by atoms with E-state index in [9.17, 15) is 14.4 Å². The van der Waals surface area contributed by atoms with Crippen LogP contribution in [0.3, 0.4) is 0 Å². The van der Waals surface area contributed by atoms with Crippen molar-refractivity contribution >= 4 is 52.0 Å². The van der Waals surface area contributed by atoms with Crippen LogP contribution in [0.15, 0.2) is 18.2 Å². The quantitative estimate of drug-likeness (QED) is 0.468. The third-order valence-corrected chi connectivity index (χ3v) is 5.82. The third-order valence-electron chi connectivity index (χ3n) is 4.28. The van der Waals surface area contributed by atoms with Crippen LogP contribution in [0.2, 0.25) is 5.02 Å². The first-order chi connectivity index (χ1) is 12.3. The summed E-state index contributed by atoms with van der Waals surface area (Å²) in [6, 6.07) is 5.01. The van der Waals surface area contributed by atoms with E-state index < -0.39 is 0 Å². The average molecular weight is 493 g/mol. The number of carbonyl (C=O) groups is 3. The third kappa shape index (κ3) is 5.33. The zero-order valence-corrected chi connectivity index (χ0v) is 17.7. The Morgan fingerprint density at radius 1 is 1.38 bits per heavy atom. The summed E-state index contributed by atoms with van der Waals surface area (Å²) < 4.78 is 5.84. The molecule has 0 aliphatic carbocycles. The maximum Gasteiger partial charge on any atom is 0.310 e. The van der Waals surface area contributed by atoms with Gasteiger partial charge in [-0.15, -0.1) is 0 Å². The molecule has 6 nitrogen and oxygen atoms in total. The number of hydrogen-bond donors (Lipinski definition) is 0. The van der Waals surface area contributed by atoms with Gasteiger partial charge in [-0.3, -0.25) is 14.4 Å². The Hall–Kier alpha value is -1.35. The Morgan fingerprint density at radius 2 is 2.12 bits per heavy atom. The number of likely N-dealkylation sites (tertiary alicyclic amines) is 1. The summed E-state index contributed by atoms with van der Waals surface area (Å²) >= 11 is 8.04. The van der Waals surface area contributed by atoms with Crippen LogP contribution in [-0.2, 0) is 14.3 Å². The smallest absolute Gasteiger partial charge is 0.310 e. The number of likely N-dealkylation sites (N-methyl/N-ethyl adjacent to an activating group) is 1. The second-order valence-corrected chi connectivity index (χ2v) is 7.79. The molecule has 0 spiro atoms. The van der Waals surface area contributed by atoms with E-state index in [0.717, 1.165) is 16.4 Å². The number of hydrogen-bond acceptors (Lipinski definition) is 4. The summed E-state index contributed by atoms with van der Waals surface area (Å²) in [6.07, 6.45) is 1.48. The second kappa shape index (κ2) is 9.55. The van der Waals surface area contributed by atoms with Crippen molar-refractivity contribution < 1.29 is 19.1 Å². The monoisotopic (exact) mass is 492 g/mol. The molecule has 2 amide bonds. The fraction of sp³-hybridized carbons (Fsp3) is 0.500. The first kappa shape index (κ1) is 21.0. The van der Waals surface area contributed by atoms with Gasteiger partial charge >= 0.3 is 5.97 Å². The number of piperidine rings is 1. The maximum absolute atomic E-state index is 12.5. The molecule has 0 N–H and O–H groups in total. The van der Waals surface area contributed by atoms with Crippen molar-refractivity contribution in [2.24, 2.45) is 5.92 Å². The van der Waals surface area contributed by atoms with E-state index in [-0.39, 0.29) is 30.2 Å². The Morgan fingerprint density at radius 3 is 2.77 bits per heavy atom. The maximum atomic E-state index is 12.5. The Bertz CT molecular complexity index is 698. The van der Waals surface area contributed by atoms with E-state index >= 15 is 0 Å². The summed E-state index contributed by atoms with van der Waals surface area (Å²) in [5.41, 5.74) is 0.483. The molecule has 1 unspecified atom stereocenters. The minimum absolute atomic E-state index is 0.0341. The number of rotatable bonds is 5. The zero-order chi connectivity index (χ0) is 19.3. The molecule has 0 saturated carbocycles. The Balaban J connectivity index is 1.96. The number of amides is 2. The van der Waals surface area contributed by atoms with Crippen molar-refractivity contribution in [3.63, 3.8) is 0 Å². The minimum atomic E-state index is -0.286. The van der Waals surface area contributed by atoms with Crippen LogP contribution in [0, 0.1) is 9.49 Å². The highest BCUT2D eigenvalue weighted by atomic mass is 127. The van der Waals surface area contributed by atoms with Crippen molar-refractivity contribution in [1.82, 2.24) is 9.80 Å². The molecule has 0 radical (unpaired) electrons. The molecule has 26 heavy (non-hydrogen) atoms. The molecule has 2 rings (SSSR count). The number of carbonyl (C=O) groups excluding carboxylic acids is 3. The Kier molecular flexibility index (Phi) is 7.69. The molecule has 1 aromatic carbocycles. The first-order valence-electron chi connectivity index (χ1n) is 8.48. The molecular weight excluding hydrogens is 471 g/mol. The molecule has 1 aliphatic rings. The van der Waals surface area contributed by atoms with Crippen LogP contribution in [0.25, 0.3) is 0 Å². The van der Waals surface area contributed by atoms with Crippen molar-refractivity contribution in [3.8, 4) is 0 Å². The second-order valence-electron chi connectivity index (χ2n) is 6.22. The van der Waals surface area contributed by atoms with Crippen LogP contribution in [0.4, 0.5) is 0 Å². The standard InChI is InChI=1S/C18H22ClIN2O4/c1-3-26-18(25)13-5-4-8-22(10-13)16(23)11-21(2)17(24)12-6-7-14(19)15(20)9-12/h6-7,9,13H,3-5,8,10-11H2,1-2H3. The molecule has 1 aliphatic heterocycles. The number of halogens is 2. The molecule has 1 saturated heterocycles. The lowest BCUT2D eigenvalue weighted by atomic mass is 9.98. The van der Waals surface area contributed by atoms with E-state index in [0.29, 0.717) is 30.3 Å². The molecule has 1 fully saturated rings. The average Bonchev–Trinajstić information content (AvgIpc) is 2.63. The van der Waals surface area contributed by atoms with Gasteiger partial charge in [0, 0.05) is 29.3 Å². The van der Waals surface area contributed by atoms with E-state index in [1.807, 2.05) is 0 Å². The number of benzene rings is 1. The fourth-order valence-electron chi connectivity index (χ4n) is 2.88. The summed E-state index contributed by atoms with van der Waals surface area (Å²) in [4.78, 5) is 40.0. The molecular formula is C18H22ClIN2O4. The fourth-order valence-corrected chi connectivity index (χ4v) is 3.51.